The van der Waals surface area contributed by atoms with Crippen LogP contribution in [0.4, 0.5) is 16.3 Å². The van der Waals surface area contributed by atoms with E-state index in [0.29, 0.717) is 26.2 Å². The van der Waals surface area contributed by atoms with Crippen LogP contribution in [0.3, 0.4) is 0 Å². The molecule has 11 nitrogen and oxygen atoms in total. The molecule has 0 spiro atoms. The van der Waals surface area contributed by atoms with E-state index in [1.165, 1.54) is 0 Å². The van der Waals surface area contributed by atoms with E-state index in [2.05, 4.69) is 40.6 Å². The first kappa shape index (κ1) is 31.8. The fourth-order valence-electron chi connectivity index (χ4n) is 4.95. The van der Waals surface area contributed by atoms with Crippen molar-refractivity contribution < 1.29 is 19.1 Å². The number of ether oxygens (including phenoxy) is 2. The zero-order valence-electron chi connectivity index (χ0n) is 26.4. The lowest BCUT2D eigenvalue weighted by Gasteiger charge is -2.36. The number of hydrogen-bond donors (Lipinski definition) is 2. The number of benzene rings is 1. The van der Waals surface area contributed by atoms with Crippen LogP contribution >= 0.6 is 0 Å². The van der Waals surface area contributed by atoms with E-state index in [-0.39, 0.29) is 5.91 Å². The Balaban J connectivity index is 1.41. The van der Waals surface area contributed by atoms with Gasteiger partial charge in [0.05, 0.1) is 18.3 Å². The molecule has 1 atom stereocenters. The van der Waals surface area contributed by atoms with Crippen LogP contribution in [0.5, 0.6) is 5.75 Å². The molecule has 1 saturated heterocycles. The highest BCUT2D eigenvalue weighted by atomic mass is 16.6. The van der Waals surface area contributed by atoms with Crippen molar-refractivity contribution in [3.05, 3.63) is 42.6 Å². The zero-order valence-corrected chi connectivity index (χ0v) is 26.4. The van der Waals surface area contributed by atoms with Crippen LogP contribution in [-0.2, 0) is 9.53 Å². The minimum Gasteiger partial charge on any atom is -0.497 e. The second kappa shape index (κ2) is 13.9. The summed E-state index contributed by atoms with van der Waals surface area (Å²) in [5, 5.41) is 7.28. The van der Waals surface area contributed by atoms with Crippen molar-refractivity contribution in [2.45, 2.75) is 45.8 Å². The summed E-state index contributed by atoms with van der Waals surface area (Å²) in [7, 11) is 5.82. The molecule has 1 aliphatic rings. The average molecular weight is 592 g/mol. The minimum absolute atomic E-state index is 0.126. The summed E-state index contributed by atoms with van der Waals surface area (Å²) in [4.78, 5) is 40.8. The number of methoxy groups -OCH3 is 1. The van der Waals surface area contributed by atoms with Crippen LogP contribution < -0.4 is 20.3 Å². The monoisotopic (exact) mass is 591 g/mol. The molecule has 2 aromatic heterocycles. The predicted octanol–water partition coefficient (Wildman–Crippen LogP) is 4.23. The van der Waals surface area contributed by atoms with Crippen molar-refractivity contribution in [3.8, 4) is 17.0 Å². The topological polar surface area (TPSA) is 112 Å². The van der Waals surface area contributed by atoms with Gasteiger partial charge in [-0.05, 0) is 85.1 Å². The Labute approximate surface area is 254 Å². The number of aromatic nitrogens is 2. The van der Waals surface area contributed by atoms with Gasteiger partial charge in [-0.3, -0.25) is 4.79 Å². The van der Waals surface area contributed by atoms with Crippen LogP contribution in [0.2, 0.25) is 0 Å². The Morgan fingerprint density at radius 3 is 2.44 bits per heavy atom. The number of amides is 2. The molecule has 3 heterocycles. The first-order valence-electron chi connectivity index (χ1n) is 14.8. The van der Waals surface area contributed by atoms with E-state index in [9.17, 15) is 9.59 Å². The molecule has 0 bridgehead atoms. The zero-order chi connectivity index (χ0) is 31.1. The first-order chi connectivity index (χ1) is 20.4. The van der Waals surface area contributed by atoms with Gasteiger partial charge in [0.15, 0.2) is 0 Å². The first-order valence-corrected chi connectivity index (χ1v) is 14.8. The normalized spacial score (nSPS) is 14.5. The number of carbonyl (C=O) groups is 2. The molecular weight excluding hydrogens is 546 g/mol. The highest BCUT2D eigenvalue weighted by Gasteiger charge is 2.28. The minimum atomic E-state index is -0.666. The van der Waals surface area contributed by atoms with E-state index in [0.717, 1.165) is 58.9 Å². The predicted molar refractivity (Wildman–Crippen MR) is 171 cm³/mol. The van der Waals surface area contributed by atoms with Crippen LogP contribution in [-0.4, -0.2) is 104 Å². The molecule has 4 rings (SSSR count). The number of carbonyl (C=O) groups excluding carboxylic acids is 2. The van der Waals surface area contributed by atoms with Crippen LogP contribution in [0.25, 0.3) is 22.2 Å². The summed E-state index contributed by atoms with van der Waals surface area (Å²) in [6.45, 7) is 11.3. The number of piperazine rings is 1. The lowest BCUT2D eigenvalue weighted by molar-refractivity contribution is -0.133. The second-order valence-corrected chi connectivity index (χ2v) is 12.1. The van der Waals surface area contributed by atoms with Crippen LogP contribution in [0, 0.1) is 0 Å². The van der Waals surface area contributed by atoms with Gasteiger partial charge in [-0.2, -0.15) is 0 Å². The number of alkyl carbamates (subject to hydrolysis) is 1. The van der Waals surface area contributed by atoms with Crippen molar-refractivity contribution in [2.24, 2.45) is 0 Å². The fourth-order valence-corrected chi connectivity index (χ4v) is 4.95. The summed E-state index contributed by atoms with van der Waals surface area (Å²) < 4.78 is 10.7. The molecule has 1 aliphatic heterocycles. The lowest BCUT2D eigenvalue weighted by Crippen LogP contribution is -2.54. The molecular formula is C32H45N7O4. The smallest absolute Gasteiger partial charge is 0.408 e. The van der Waals surface area contributed by atoms with Gasteiger partial charge < -0.3 is 34.8 Å². The van der Waals surface area contributed by atoms with Gasteiger partial charge in [-0.15, -0.1) is 0 Å². The summed E-state index contributed by atoms with van der Waals surface area (Å²) in [6.07, 6.45) is 2.28. The SMILES string of the molecule is COc1ccc2c(NCCCN(C)C)cc(-c3ccc(N4CCN(C(=O)C(C)NC(=O)OC(C)(C)C)CC4)nc3)nc2c1. The molecule has 232 valence electrons. The molecule has 1 unspecified atom stereocenters. The van der Waals surface area contributed by atoms with Gasteiger partial charge in [0.1, 0.15) is 23.2 Å². The van der Waals surface area contributed by atoms with E-state index in [1.54, 1.807) is 39.7 Å². The Morgan fingerprint density at radius 1 is 1.07 bits per heavy atom. The number of rotatable bonds is 10. The molecule has 0 aliphatic carbocycles. The largest absolute Gasteiger partial charge is 0.497 e. The Bertz CT molecular complexity index is 1400. The van der Waals surface area contributed by atoms with Gasteiger partial charge >= 0.3 is 6.09 Å². The second-order valence-electron chi connectivity index (χ2n) is 12.1. The van der Waals surface area contributed by atoms with Gasteiger partial charge in [0.2, 0.25) is 5.91 Å². The van der Waals surface area contributed by atoms with Gasteiger partial charge in [-0.25, -0.2) is 14.8 Å². The van der Waals surface area contributed by atoms with E-state index < -0.39 is 17.7 Å². The summed E-state index contributed by atoms with van der Waals surface area (Å²) in [5.41, 5.74) is 3.01. The number of nitrogens with zero attached hydrogens (tertiary/aromatic N) is 5. The molecule has 2 N–H and O–H groups in total. The van der Waals surface area contributed by atoms with Crippen LogP contribution in [0.15, 0.2) is 42.6 Å². The lowest BCUT2D eigenvalue weighted by atomic mass is 10.1. The summed E-state index contributed by atoms with van der Waals surface area (Å²) in [6, 6.07) is 11.4. The van der Waals surface area contributed by atoms with Gasteiger partial charge in [0.25, 0.3) is 0 Å². The summed E-state index contributed by atoms with van der Waals surface area (Å²) in [5.74, 6) is 1.48. The van der Waals surface area contributed by atoms with Crippen molar-refractivity contribution in [3.63, 3.8) is 0 Å². The standard InChI is InChI=1S/C32H45N7O4/c1-22(35-31(41)43-32(2,3)4)30(40)39-17-15-38(16-18-39)29-12-9-23(21-34-29)26-20-27(33-13-8-14-37(5)6)25-11-10-24(42-7)19-28(25)36-26/h9-12,19-22H,8,13-18H2,1-7H3,(H,33,36)(H,35,41). The number of nitrogens with one attached hydrogen (secondary N) is 2. The van der Waals surface area contributed by atoms with Gasteiger partial charge in [0, 0.05) is 61.6 Å². The number of pyridine rings is 2. The Hall–Kier alpha value is -4.12. The van der Waals surface area contributed by atoms with Crippen molar-refractivity contribution in [1.29, 1.82) is 0 Å². The van der Waals surface area contributed by atoms with Crippen molar-refractivity contribution >= 4 is 34.4 Å². The maximum Gasteiger partial charge on any atom is 0.408 e. The van der Waals surface area contributed by atoms with E-state index in [1.807, 2.05) is 36.5 Å². The average Bonchev–Trinajstić information content (AvgIpc) is 2.97. The fraction of sp³-hybridized carbons (Fsp3) is 0.500. The number of anilines is 2. The number of hydrogen-bond acceptors (Lipinski definition) is 9. The maximum atomic E-state index is 12.9. The third-order valence-corrected chi connectivity index (χ3v) is 7.18. The quantitative estimate of drug-likeness (QED) is 0.335. The van der Waals surface area contributed by atoms with E-state index in [4.69, 9.17) is 19.4 Å². The van der Waals surface area contributed by atoms with Crippen molar-refractivity contribution in [2.75, 3.05) is 70.7 Å². The molecule has 43 heavy (non-hydrogen) atoms. The molecule has 11 heteroatoms. The molecule has 0 radical (unpaired) electrons. The Kier molecular flexibility index (Phi) is 10.3. The van der Waals surface area contributed by atoms with Crippen molar-refractivity contribution in [1.82, 2.24) is 25.1 Å². The Morgan fingerprint density at radius 2 is 1.81 bits per heavy atom. The van der Waals surface area contributed by atoms with Crippen LogP contribution in [0.1, 0.15) is 34.1 Å². The molecule has 3 aromatic rings. The molecule has 0 saturated carbocycles. The molecule has 1 fully saturated rings. The molecule has 2 amide bonds. The number of fused-ring (bicyclic) bond motifs is 1. The van der Waals surface area contributed by atoms with Gasteiger partial charge in [-0.1, -0.05) is 0 Å². The molecule has 1 aromatic carbocycles. The third-order valence-electron chi connectivity index (χ3n) is 7.18. The highest BCUT2D eigenvalue weighted by molar-refractivity contribution is 5.94. The maximum absolute atomic E-state index is 12.9. The highest BCUT2D eigenvalue weighted by Crippen LogP contribution is 2.31. The third kappa shape index (κ3) is 8.70. The van der Waals surface area contributed by atoms with E-state index >= 15 is 0 Å². The summed E-state index contributed by atoms with van der Waals surface area (Å²) >= 11 is 0.